The number of carbonyl (C=O) groups excluding carboxylic acids is 3. The van der Waals surface area contributed by atoms with E-state index < -0.39 is 60.1 Å². The van der Waals surface area contributed by atoms with Crippen LogP contribution in [0.25, 0.3) is 0 Å². The van der Waals surface area contributed by atoms with Gasteiger partial charge in [-0.3, -0.25) is 29.4 Å². The fourth-order valence-corrected chi connectivity index (χ4v) is 6.83. The number of rotatable bonds is 7. The Morgan fingerprint density at radius 2 is 1.71 bits per heavy atom. The Morgan fingerprint density at radius 3 is 2.27 bits per heavy atom. The molecule has 2 unspecified atom stereocenters. The summed E-state index contributed by atoms with van der Waals surface area (Å²) in [5.74, 6) is -5.32. The van der Waals surface area contributed by atoms with Crippen LogP contribution in [0.15, 0.2) is 86.6 Å². The average molecular weight is 606 g/mol. The molecule has 1 fully saturated rings. The summed E-state index contributed by atoms with van der Waals surface area (Å²) in [6.07, 6.45) is -2.62. The van der Waals surface area contributed by atoms with Crippen LogP contribution in [0.3, 0.4) is 0 Å². The van der Waals surface area contributed by atoms with E-state index in [1.165, 1.54) is 12.1 Å². The van der Waals surface area contributed by atoms with Gasteiger partial charge in [0.2, 0.25) is 21.4 Å². The zero-order valence-corrected chi connectivity index (χ0v) is 21.8. The van der Waals surface area contributed by atoms with Crippen LogP contribution in [0.5, 0.6) is 0 Å². The van der Waals surface area contributed by atoms with Crippen LogP contribution in [0.4, 0.5) is 24.0 Å². The quantitative estimate of drug-likeness (QED) is 0.0961. The molecule has 0 aliphatic carbocycles. The minimum absolute atomic E-state index is 0.0166. The molecule has 4 aromatic rings. The number of carbonyl (C=O) groups is 3. The van der Waals surface area contributed by atoms with Gasteiger partial charge in [-0.1, -0.05) is 23.5 Å². The summed E-state index contributed by atoms with van der Waals surface area (Å²) in [4.78, 5) is 54.2. The van der Waals surface area contributed by atoms with Crippen molar-refractivity contribution in [2.24, 2.45) is 5.92 Å². The molecular weight excluding hydrogens is 591 g/mol. The zero-order chi connectivity index (χ0) is 29.7. The standard InChI is InChI=1S/C25H14F3N3O8S2/c26-25(27,28)14-5-3-13(4-6-14)20-19(21(32)17-2-1-11-39-17)22(33)23(34)30(20)24-29-12-18(40-24)41(37,38)16-9-7-15(8-10-16)31(35)36/h1-12,19-20H. The molecule has 1 aliphatic rings. The lowest BCUT2D eigenvalue weighted by Gasteiger charge is -2.25. The predicted molar refractivity (Wildman–Crippen MR) is 134 cm³/mol. The van der Waals surface area contributed by atoms with Gasteiger partial charge in [-0.2, -0.15) is 13.2 Å². The average Bonchev–Trinajstić information content (AvgIpc) is 3.69. The third-order valence-corrected chi connectivity index (χ3v) is 9.46. The van der Waals surface area contributed by atoms with Crippen LogP contribution >= 0.6 is 11.3 Å². The molecule has 2 atom stereocenters. The normalized spacial score (nSPS) is 17.7. The second kappa shape index (κ2) is 10.0. The van der Waals surface area contributed by atoms with E-state index in [-0.39, 0.29) is 27.0 Å². The Hall–Kier alpha value is -4.70. The van der Waals surface area contributed by atoms with E-state index >= 15 is 0 Å². The van der Waals surface area contributed by atoms with Gasteiger partial charge in [0.25, 0.3) is 11.6 Å². The van der Waals surface area contributed by atoms with Gasteiger partial charge in [0.1, 0.15) is 10.1 Å². The van der Waals surface area contributed by atoms with Gasteiger partial charge in [0, 0.05) is 12.1 Å². The summed E-state index contributed by atoms with van der Waals surface area (Å²) >= 11 is 0.470. The number of hydrogen-bond donors (Lipinski definition) is 0. The number of nitro groups is 1. The second-order valence-electron chi connectivity index (χ2n) is 8.64. The minimum atomic E-state index is -4.68. The third-order valence-electron chi connectivity index (χ3n) is 6.23. The predicted octanol–water partition coefficient (Wildman–Crippen LogP) is 4.65. The maximum atomic E-state index is 13.2. The highest BCUT2D eigenvalue weighted by molar-refractivity contribution is 7.93. The molecular formula is C25H14F3N3O8S2. The van der Waals surface area contributed by atoms with Crippen LogP contribution in [0, 0.1) is 16.0 Å². The molecule has 5 rings (SSSR count). The molecule has 0 N–H and O–H groups in total. The van der Waals surface area contributed by atoms with Gasteiger partial charge in [0.15, 0.2) is 10.9 Å². The first-order valence-corrected chi connectivity index (χ1v) is 13.7. The number of thiazole rings is 1. The minimum Gasteiger partial charge on any atom is -0.461 e. The van der Waals surface area contributed by atoms with Crippen molar-refractivity contribution in [1.29, 1.82) is 0 Å². The van der Waals surface area contributed by atoms with Crippen molar-refractivity contribution in [1.82, 2.24) is 4.98 Å². The summed E-state index contributed by atoms with van der Waals surface area (Å²) in [5, 5.41) is 10.6. The Kier molecular flexibility index (Phi) is 6.82. The SMILES string of the molecule is O=C1C(=O)N(c2ncc(S(=O)(=O)c3ccc([N+](=O)[O-])cc3)s2)C(c2ccc(C(F)(F)F)cc2)C1C(=O)c1ccco1. The summed E-state index contributed by atoms with van der Waals surface area (Å²) in [6.45, 7) is 0. The Balaban J connectivity index is 1.58. The maximum absolute atomic E-state index is 13.2. The first-order valence-electron chi connectivity index (χ1n) is 11.4. The number of aromatic nitrogens is 1. The molecule has 2 aromatic carbocycles. The number of halogens is 3. The highest BCUT2D eigenvalue weighted by Gasteiger charge is 2.54. The number of amides is 1. The number of Topliss-reactive ketones (excluding diaryl/α,β-unsaturated/α-hetero) is 2. The maximum Gasteiger partial charge on any atom is 0.416 e. The molecule has 0 saturated carbocycles. The number of non-ortho nitro benzene ring substituents is 1. The van der Waals surface area contributed by atoms with Crippen molar-refractivity contribution in [3.63, 3.8) is 0 Å². The van der Waals surface area contributed by atoms with Crippen molar-refractivity contribution in [2.45, 2.75) is 21.3 Å². The van der Waals surface area contributed by atoms with Gasteiger partial charge < -0.3 is 4.42 Å². The van der Waals surface area contributed by atoms with E-state index in [2.05, 4.69) is 4.98 Å². The summed E-state index contributed by atoms with van der Waals surface area (Å²) < 4.78 is 70.6. The van der Waals surface area contributed by atoms with Gasteiger partial charge in [-0.15, -0.1) is 0 Å². The van der Waals surface area contributed by atoms with E-state index in [9.17, 15) is 46.1 Å². The molecule has 41 heavy (non-hydrogen) atoms. The number of alkyl halides is 3. The van der Waals surface area contributed by atoms with Crippen molar-refractivity contribution in [2.75, 3.05) is 4.90 Å². The van der Waals surface area contributed by atoms with Crippen LogP contribution in [-0.2, 0) is 25.6 Å². The van der Waals surface area contributed by atoms with Crippen molar-refractivity contribution in [3.05, 3.63) is 100 Å². The van der Waals surface area contributed by atoms with Gasteiger partial charge in [-0.25, -0.2) is 13.4 Å². The van der Waals surface area contributed by atoms with Gasteiger partial charge >= 0.3 is 6.18 Å². The largest absolute Gasteiger partial charge is 0.461 e. The number of anilines is 1. The van der Waals surface area contributed by atoms with Crippen molar-refractivity contribution < 1.29 is 45.3 Å². The molecule has 1 aliphatic heterocycles. The fourth-order valence-electron chi connectivity index (χ4n) is 4.27. The van der Waals surface area contributed by atoms with E-state index in [0.717, 1.165) is 65.9 Å². The summed E-state index contributed by atoms with van der Waals surface area (Å²) in [6, 6.07) is 8.63. The molecule has 0 spiro atoms. The number of furan rings is 1. The first-order chi connectivity index (χ1) is 19.3. The van der Waals surface area contributed by atoms with E-state index in [4.69, 9.17) is 4.42 Å². The van der Waals surface area contributed by atoms with Crippen LogP contribution < -0.4 is 4.90 Å². The lowest BCUT2D eigenvalue weighted by molar-refractivity contribution is -0.384. The number of hydrogen-bond acceptors (Lipinski definition) is 10. The molecule has 3 heterocycles. The van der Waals surface area contributed by atoms with E-state index in [0.29, 0.717) is 11.3 Å². The van der Waals surface area contributed by atoms with Crippen LogP contribution in [-0.4, -0.2) is 35.8 Å². The number of nitrogens with zero attached hydrogens (tertiary/aromatic N) is 3. The third kappa shape index (κ3) is 4.91. The van der Waals surface area contributed by atoms with Gasteiger partial charge in [0.05, 0.1) is 33.9 Å². The van der Waals surface area contributed by atoms with E-state index in [1.807, 2.05) is 0 Å². The van der Waals surface area contributed by atoms with Crippen LogP contribution in [0.2, 0.25) is 0 Å². The molecule has 1 amide bonds. The summed E-state index contributed by atoms with van der Waals surface area (Å²) in [5.41, 5.74) is -1.37. The van der Waals surface area contributed by atoms with Crippen molar-refractivity contribution >= 4 is 49.5 Å². The molecule has 210 valence electrons. The zero-order valence-electron chi connectivity index (χ0n) is 20.1. The smallest absolute Gasteiger partial charge is 0.416 e. The lowest BCUT2D eigenvalue weighted by atomic mass is 9.88. The number of ketones is 2. The number of benzene rings is 2. The Morgan fingerprint density at radius 1 is 1.05 bits per heavy atom. The van der Waals surface area contributed by atoms with E-state index in [1.54, 1.807) is 0 Å². The summed E-state index contributed by atoms with van der Waals surface area (Å²) in [7, 11) is -4.29. The molecule has 1 saturated heterocycles. The molecule has 2 aromatic heterocycles. The topological polar surface area (TPSA) is 158 Å². The number of sulfone groups is 1. The van der Waals surface area contributed by atoms with Crippen molar-refractivity contribution in [3.8, 4) is 0 Å². The molecule has 16 heteroatoms. The highest BCUT2D eigenvalue weighted by atomic mass is 32.2. The fraction of sp³-hybridized carbons (Fsp3) is 0.120. The van der Waals surface area contributed by atoms with Gasteiger partial charge in [-0.05, 0) is 42.0 Å². The monoisotopic (exact) mass is 605 g/mol. The Labute approximate surface area is 231 Å². The Bertz CT molecular complexity index is 1780. The second-order valence-corrected chi connectivity index (χ2v) is 11.8. The highest BCUT2D eigenvalue weighted by Crippen LogP contribution is 2.44. The lowest BCUT2D eigenvalue weighted by Crippen LogP contribution is -2.30. The first kappa shape index (κ1) is 27.9. The van der Waals surface area contributed by atoms with Crippen LogP contribution in [0.1, 0.15) is 27.7 Å². The molecule has 11 nitrogen and oxygen atoms in total. The number of nitro benzene ring substituents is 1. The molecule has 0 radical (unpaired) electrons. The molecule has 0 bridgehead atoms.